The van der Waals surface area contributed by atoms with Crippen molar-refractivity contribution in [2.45, 2.75) is 13.3 Å². The first-order valence-corrected chi connectivity index (χ1v) is 9.00. The Morgan fingerprint density at radius 3 is 2.50 bits per heavy atom. The monoisotopic (exact) mass is 354 g/mol. The molecule has 26 heavy (non-hydrogen) atoms. The van der Waals surface area contributed by atoms with Gasteiger partial charge in [0.25, 0.3) is 5.91 Å². The van der Waals surface area contributed by atoms with Gasteiger partial charge in [-0.2, -0.15) is 0 Å². The molecule has 1 aliphatic rings. The lowest BCUT2D eigenvalue weighted by molar-refractivity contribution is 0.0771. The van der Waals surface area contributed by atoms with Gasteiger partial charge in [0.05, 0.1) is 5.56 Å². The van der Waals surface area contributed by atoms with Gasteiger partial charge in [0.15, 0.2) is 0 Å². The summed E-state index contributed by atoms with van der Waals surface area (Å²) in [6.07, 6.45) is 0.934. The minimum Gasteiger partial charge on any atom is -0.490 e. The lowest BCUT2D eigenvalue weighted by Gasteiger charge is -2.23. The molecule has 1 aliphatic heterocycles. The van der Waals surface area contributed by atoms with Gasteiger partial charge in [0, 0.05) is 13.1 Å². The third-order valence-electron chi connectivity index (χ3n) is 4.81. The molecule has 0 aliphatic carbocycles. The van der Waals surface area contributed by atoms with Gasteiger partial charge in [-0.15, -0.1) is 0 Å². The molecule has 2 aromatic carbocycles. The number of benzene rings is 2. The molecular weight excluding hydrogens is 328 g/mol. The fourth-order valence-electron chi connectivity index (χ4n) is 3.13. The van der Waals surface area contributed by atoms with Crippen molar-refractivity contribution in [3.63, 3.8) is 0 Å². The highest BCUT2D eigenvalue weighted by atomic mass is 16.5. The standard InChI is InChI=1S/C21H26N2O3/c1-21(15-22)11-12-23(16-21)20(24)18-9-5-6-10-19(18)26-14-13-25-17-7-3-2-4-8-17/h2-10H,11-16,22H2,1H3. The van der Waals surface area contributed by atoms with Crippen molar-refractivity contribution >= 4 is 5.91 Å². The second-order valence-electron chi connectivity index (χ2n) is 7.00. The van der Waals surface area contributed by atoms with Gasteiger partial charge >= 0.3 is 0 Å². The first kappa shape index (κ1) is 18.3. The first-order chi connectivity index (χ1) is 12.6. The van der Waals surface area contributed by atoms with E-state index in [-0.39, 0.29) is 11.3 Å². The van der Waals surface area contributed by atoms with Gasteiger partial charge in [-0.1, -0.05) is 37.3 Å². The van der Waals surface area contributed by atoms with Gasteiger partial charge in [-0.25, -0.2) is 0 Å². The van der Waals surface area contributed by atoms with Crippen molar-refractivity contribution in [3.05, 3.63) is 60.2 Å². The zero-order valence-electron chi connectivity index (χ0n) is 15.2. The maximum Gasteiger partial charge on any atom is 0.257 e. The first-order valence-electron chi connectivity index (χ1n) is 9.00. The molecular formula is C21H26N2O3. The number of likely N-dealkylation sites (tertiary alicyclic amines) is 1. The zero-order chi connectivity index (χ0) is 18.4. The van der Waals surface area contributed by atoms with Crippen LogP contribution in [-0.2, 0) is 0 Å². The third-order valence-corrected chi connectivity index (χ3v) is 4.81. The van der Waals surface area contributed by atoms with Crippen molar-refractivity contribution in [2.75, 3.05) is 32.8 Å². The Labute approximate surface area is 154 Å². The molecule has 0 radical (unpaired) electrons. The second-order valence-corrected chi connectivity index (χ2v) is 7.00. The van der Waals surface area contributed by atoms with Crippen LogP contribution in [0.3, 0.4) is 0 Å². The summed E-state index contributed by atoms with van der Waals surface area (Å²) in [5, 5.41) is 0. The van der Waals surface area contributed by atoms with Crippen LogP contribution in [0.25, 0.3) is 0 Å². The normalized spacial score (nSPS) is 19.4. The fourth-order valence-corrected chi connectivity index (χ4v) is 3.13. The van der Waals surface area contributed by atoms with Crippen molar-refractivity contribution < 1.29 is 14.3 Å². The Morgan fingerprint density at radius 1 is 1.08 bits per heavy atom. The van der Waals surface area contributed by atoms with Crippen molar-refractivity contribution in [3.8, 4) is 11.5 Å². The van der Waals surface area contributed by atoms with Crippen LogP contribution in [0.5, 0.6) is 11.5 Å². The largest absolute Gasteiger partial charge is 0.490 e. The number of para-hydroxylation sites is 2. The van der Waals surface area contributed by atoms with E-state index in [9.17, 15) is 4.79 Å². The number of hydrogen-bond acceptors (Lipinski definition) is 4. The van der Waals surface area contributed by atoms with Gasteiger partial charge in [-0.05, 0) is 42.6 Å². The zero-order valence-corrected chi connectivity index (χ0v) is 15.2. The molecule has 0 spiro atoms. The summed E-state index contributed by atoms with van der Waals surface area (Å²) in [6.45, 7) is 4.93. The van der Waals surface area contributed by atoms with Crippen LogP contribution in [0, 0.1) is 5.41 Å². The van der Waals surface area contributed by atoms with Gasteiger partial charge in [-0.3, -0.25) is 4.79 Å². The maximum absolute atomic E-state index is 12.9. The molecule has 0 saturated carbocycles. The lowest BCUT2D eigenvalue weighted by Crippen LogP contribution is -2.34. The quantitative estimate of drug-likeness (QED) is 0.777. The summed E-state index contributed by atoms with van der Waals surface area (Å²) in [7, 11) is 0. The van der Waals surface area contributed by atoms with E-state index < -0.39 is 0 Å². The third kappa shape index (κ3) is 4.35. The lowest BCUT2D eigenvalue weighted by atomic mass is 9.90. The number of ether oxygens (including phenoxy) is 2. The number of carbonyl (C=O) groups is 1. The van der Waals surface area contributed by atoms with E-state index in [4.69, 9.17) is 15.2 Å². The van der Waals surface area contributed by atoms with E-state index in [1.165, 1.54) is 0 Å². The van der Waals surface area contributed by atoms with Crippen LogP contribution in [0.4, 0.5) is 0 Å². The van der Waals surface area contributed by atoms with Gasteiger partial charge in [0.1, 0.15) is 24.7 Å². The summed E-state index contributed by atoms with van der Waals surface area (Å²) in [5.74, 6) is 1.40. The van der Waals surface area contributed by atoms with Crippen molar-refractivity contribution in [2.24, 2.45) is 11.1 Å². The number of carbonyl (C=O) groups excluding carboxylic acids is 1. The highest BCUT2D eigenvalue weighted by Gasteiger charge is 2.35. The molecule has 1 atom stereocenters. The van der Waals surface area contributed by atoms with Crippen LogP contribution in [0.15, 0.2) is 54.6 Å². The van der Waals surface area contributed by atoms with E-state index in [2.05, 4.69) is 6.92 Å². The fraction of sp³-hybridized carbons (Fsp3) is 0.381. The van der Waals surface area contributed by atoms with Crippen molar-refractivity contribution in [1.82, 2.24) is 4.90 Å². The number of rotatable bonds is 7. The van der Waals surface area contributed by atoms with E-state index >= 15 is 0 Å². The Balaban J connectivity index is 1.58. The molecule has 5 nitrogen and oxygen atoms in total. The average molecular weight is 354 g/mol. The number of nitrogens with two attached hydrogens (primary N) is 1. The Hall–Kier alpha value is -2.53. The highest BCUT2D eigenvalue weighted by Crippen LogP contribution is 2.31. The summed E-state index contributed by atoms with van der Waals surface area (Å²) >= 11 is 0. The van der Waals surface area contributed by atoms with Crippen LogP contribution in [0.1, 0.15) is 23.7 Å². The Bertz CT molecular complexity index is 735. The molecule has 1 amide bonds. The minimum atomic E-state index is 0.00162. The van der Waals surface area contributed by atoms with E-state index in [0.717, 1.165) is 18.7 Å². The summed E-state index contributed by atoms with van der Waals surface area (Å²) < 4.78 is 11.5. The molecule has 5 heteroatoms. The highest BCUT2D eigenvalue weighted by molar-refractivity contribution is 5.97. The van der Waals surface area contributed by atoms with Crippen LogP contribution in [0.2, 0.25) is 0 Å². The van der Waals surface area contributed by atoms with Crippen LogP contribution in [-0.4, -0.2) is 43.7 Å². The Kier molecular flexibility index (Phi) is 5.78. The Morgan fingerprint density at radius 2 is 1.77 bits per heavy atom. The molecule has 138 valence electrons. The van der Waals surface area contributed by atoms with Crippen LogP contribution < -0.4 is 15.2 Å². The second kappa shape index (κ2) is 8.23. The molecule has 0 aromatic heterocycles. The molecule has 0 bridgehead atoms. The van der Waals surface area contributed by atoms with Gasteiger partial charge < -0.3 is 20.1 Å². The van der Waals surface area contributed by atoms with Crippen LogP contribution >= 0.6 is 0 Å². The summed E-state index contributed by atoms with van der Waals surface area (Å²) in [5.41, 5.74) is 6.45. The predicted octanol–water partition coefficient (Wildman–Crippen LogP) is 2.96. The van der Waals surface area contributed by atoms with E-state index in [0.29, 0.717) is 37.6 Å². The summed E-state index contributed by atoms with van der Waals surface area (Å²) in [6, 6.07) is 17.0. The van der Waals surface area contributed by atoms with Gasteiger partial charge in [0.2, 0.25) is 0 Å². The minimum absolute atomic E-state index is 0.00162. The van der Waals surface area contributed by atoms with Crippen molar-refractivity contribution in [1.29, 1.82) is 0 Å². The smallest absolute Gasteiger partial charge is 0.257 e. The number of amides is 1. The molecule has 1 fully saturated rings. The SMILES string of the molecule is CC1(CN)CCN(C(=O)c2ccccc2OCCOc2ccccc2)C1. The number of hydrogen-bond donors (Lipinski definition) is 1. The van der Waals surface area contributed by atoms with E-state index in [1.807, 2.05) is 59.5 Å². The maximum atomic E-state index is 12.9. The molecule has 2 aromatic rings. The topological polar surface area (TPSA) is 64.8 Å². The predicted molar refractivity (Wildman–Crippen MR) is 102 cm³/mol. The molecule has 1 saturated heterocycles. The molecule has 1 unspecified atom stereocenters. The summed E-state index contributed by atoms with van der Waals surface area (Å²) in [4.78, 5) is 14.8. The number of nitrogens with zero attached hydrogens (tertiary/aromatic N) is 1. The average Bonchev–Trinajstić information content (AvgIpc) is 3.09. The molecule has 1 heterocycles. The molecule has 2 N–H and O–H groups in total. The molecule has 3 rings (SSSR count). The van der Waals surface area contributed by atoms with E-state index in [1.54, 1.807) is 0 Å².